The van der Waals surface area contributed by atoms with Gasteiger partial charge in [-0.2, -0.15) is 0 Å². The fraction of sp³-hybridized carbons (Fsp3) is 0.353. The number of furan rings is 1. The highest BCUT2D eigenvalue weighted by Crippen LogP contribution is 2.16. The van der Waals surface area contributed by atoms with Gasteiger partial charge in [0, 0.05) is 19.2 Å². The van der Waals surface area contributed by atoms with Crippen molar-refractivity contribution in [1.29, 1.82) is 0 Å². The average Bonchev–Trinajstić information content (AvgIpc) is 3.01. The van der Waals surface area contributed by atoms with Gasteiger partial charge in [-0.3, -0.25) is 0 Å². The summed E-state index contributed by atoms with van der Waals surface area (Å²) in [5, 5.41) is 2.99. The van der Waals surface area contributed by atoms with Crippen molar-refractivity contribution in [2.24, 2.45) is 0 Å². The molecule has 0 saturated carbocycles. The van der Waals surface area contributed by atoms with Crippen LogP contribution in [-0.4, -0.2) is 43.5 Å². The zero-order valence-electron chi connectivity index (χ0n) is 13.3. The van der Waals surface area contributed by atoms with Crippen molar-refractivity contribution in [3.05, 3.63) is 60.1 Å². The van der Waals surface area contributed by atoms with Gasteiger partial charge >= 0.3 is 6.03 Å². The minimum Gasteiger partial charge on any atom is -0.472 e. The Kier molecular flexibility index (Phi) is 5.61. The Balaban J connectivity index is 1.90. The minimum absolute atomic E-state index is 0.0935. The number of amides is 2. The zero-order valence-corrected chi connectivity index (χ0v) is 13.3. The molecule has 0 spiro atoms. The fourth-order valence-corrected chi connectivity index (χ4v) is 2.32. The Bertz CT molecular complexity index is 567. The van der Waals surface area contributed by atoms with Gasteiger partial charge in [0.25, 0.3) is 0 Å². The number of likely N-dealkylation sites (N-methyl/N-ethyl adjacent to an activating group) is 1. The summed E-state index contributed by atoms with van der Waals surface area (Å²) >= 11 is 0. The molecule has 2 rings (SSSR count). The average molecular weight is 301 g/mol. The third kappa shape index (κ3) is 4.36. The summed E-state index contributed by atoms with van der Waals surface area (Å²) in [6, 6.07) is 12.1. The van der Waals surface area contributed by atoms with Crippen LogP contribution in [0.5, 0.6) is 0 Å². The van der Waals surface area contributed by atoms with Crippen LogP contribution in [-0.2, 0) is 6.54 Å². The van der Waals surface area contributed by atoms with Crippen molar-refractivity contribution in [3.63, 3.8) is 0 Å². The number of hydrogen-bond donors (Lipinski definition) is 1. The molecule has 0 unspecified atom stereocenters. The summed E-state index contributed by atoms with van der Waals surface area (Å²) < 4.78 is 5.02. The lowest BCUT2D eigenvalue weighted by molar-refractivity contribution is 0.200. The number of carbonyl (C=O) groups excluding carboxylic acids is 1. The molecule has 2 amide bonds. The molecule has 1 heterocycles. The van der Waals surface area contributed by atoms with E-state index >= 15 is 0 Å². The summed E-state index contributed by atoms with van der Waals surface area (Å²) in [5.41, 5.74) is 2.16. The number of nitrogens with zero attached hydrogens (tertiary/aromatic N) is 2. The second-order valence-corrected chi connectivity index (χ2v) is 5.56. The van der Waals surface area contributed by atoms with Gasteiger partial charge in [-0.05, 0) is 25.7 Å². The predicted molar refractivity (Wildman–Crippen MR) is 86.4 cm³/mol. The molecule has 118 valence electrons. The van der Waals surface area contributed by atoms with E-state index < -0.39 is 0 Å². The summed E-state index contributed by atoms with van der Waals surface area (Å²) in [7, 11) is 5.80. The third-order valence-corrected chi connectivity index (χ3v) is 3.60. The number of carbonyl (C=O) groups is 1. The van der Waals surface area contributed by atoms with Crippen LogP contribution in [0.2, 0.25) is 0 Å². The first-order chi connectivity index (χ1) is 10.6. The molecule has 22 heavy (non-hydrogen) atoms. The topological polar surface area (TPSA) is 48.7 Å². The van der Waals surface area contributed by atoms with E-state index in [1.807, 2.05) is 38.4 Å². The molecule has 0 aliphatic heterocycles. The van der Waals surface area contributed by atoms with Gasteiger partial charge < -0.3 is 19.5 Å². The van der Waals surface area contributed by atoms with Gasteiger partial charge in [-0.25, -0.2) is 4.79 Å². The van der Waals surface area contributed by atoms with Crippen LogP contribution < -0.4 is 5.32 Å². The van der Waals surface area contributed by atoms with Crippen LogP contribution in [0.1, 0.15) is 17.2 Å². The number of nitrogens with one attached hydrogen (secondary N) is 1. The number of benzene rings is 1. The Morgan fingerprint density at radius 1 is 1.18 bits per heavy atom. The second-order valence-electron chi connectivity index (χ2n) is 5.56. The lowest BCUT2D eigenvalue weighted by Gasteiger charge is -2.26. The van der Waals surface area contributed by atoms with E-state index in [1.54, 1.807) is 24.5 Å². The molecule has 0 aliphatic carbocycles. The molecule has 1 aromatic carbocycles. The van der Waals surface area contributed by atoms with Crippen LogP contribution >= 0.6 is 0 Å². The Labute approximate surface area is 131 Å². The fourth-order valence-electron chi connectivity index (χ4n) is 2.32. The Morgan fingerprint density at radius 3 is 2.50 bits per heavy atom. The lowest BCUT2D eigenvalue weighted by Crippen LogP contribution is -2.41. The molecule has 0 aliphatic rings. The normalized spacial score (nSPS) is 12.2. The molecule has 1 aromatic heterocycles. The molecule has 2 aromatic rings. The Hall–Kier alpha value is -2.27. The molecule has 0 saturated heterocycles. The second kappa shape index (κ2) is 7.66. The van der Waals surface area contributed by atoms with Crippen molar-refractivity contribution in [2.75, 3.05) is 27.7 Å². The van der Waals surface area contributed by atoms with E-state index in [1.165, 1.54) is 5.56 Å². The third-order valence-electron chi connectivity index (χ3n) is 3.60. The van der Waals surface area contributed by atoms with Crippen LogP contribution in [0.3, 0.4) is 0 Å². The molecule has 5 nitrogen and oxygen atoms in total. The van der Waals surface area contributed by atoms with Gasteiger partial charge in [0.05, 0.1) is 25.1 Å². The van der Waals surface area contributed by atoms with Crippen molar-refractivity contribution < 1.29 is 9.21 Å². The van der Waals surface area contributed by atoms with Crippen molar-refractivity contribution in [3.8, 4) is 0 Å². The largest absolute Gasteiger partial charge is 0.472 e. The quantitative estimate of drug-likeness (QED) is 0.892. The number of rotatable bonds is 6. The van der Waals surface area contributed by atoms with E-state index in [2.05, 4.69) is 22.3 Å². The van der Waals surface area contributed by atoms with Gasteiger partial charge in [-0.15, -0.1) is 0 Å². The molecule has 1 atom stereocenters. The van der Waals surface area contributed by atoms with E-state index in [0.29, 0.717) is 13.1 Å². The van der Waals surface area contributed by atoms with E-state index in [-0.39, 0.29) is 12.1 Å². The van der Waals surface area contributed by atoms with Gasteiger partial charge in [0.15, 0.2) is 0 Å². The standard InChI is InChI=1S/C17H23N3O2/c1-19(2)16(15-7-5-4-6-8-15)11-18-17(21)20(3)12-14-9-10-22-13-14/h4-10,13,16H,11-12H2,1-3H3,(H,18,21)/t16-/m0/s1. The SMILES string of the molecule is CN(Cc1ccoc1)C(=O)NC[C@@H](c1ccccc1)N(C)C. The smallest absolute Gasteiger partial charge is 0.317 e. The zero-order chi connectivity index (χ0) is 15.9. The number of hydrogen-bond acceptors (Lipinski definition) is 3. The molecule has 5 heteroatoms. The minimum atomic E-state index is -0.0935. The van der Waals surface area contributed by atoms with Crippen LogP contribution in [0.15, 0.2) is 53.3 Å². The van der Waals surface area contributed by atoms with Crippen molar-refractivity contribution in [2.45, 2.75) is 12.6 Å². The maximum atomic E-state index is 12.2. The summed E-state index contributed by atoms with van der Waals surface area (Å²) in [4.78, 5) is 15.9. The highest BCUT2D eigenvalue weighted by atomic mass is 16.3. The maximum Gasteiger partial charge on any atom is 0.317 e. The van der Waals surface area contributed by atoms with E-state index in [4.69, 9.17) is 4.42 Å². The molecule has 0 radical (unpaired) electrons. The van der Waals surface area contributed by atoms with Gasteiger partial charge in [-0.1, -0.05) is 30.3 Å². The maximum absolute atomic E-state index is 12.2. The molecular formula is C17H23N3O2. The summed E-state index contributed by atoms with van der Waals surface area (Å²) in [6.07, 6.45) is 3.26. The van der Waals surface area contributed by atoms with Crippen LogP contribution in [0.4, 0.5) is 4.79 Å². The summed E-state index contributed by atoms with van der Waals surface area (Å²) in [6.45, 7) is 1.09. The number of urea groups is 1. The highest BCUT2D eigenvalue weighted by molar-refractivity contribution is 5.73. The monoisotopic (exact) mass is 301 g/mol. The van der Waals surface area contributed by atoms with Crippen LogP contribution in [0.25, 0.3) is 0 Å². The Morgan fingerprint density at radius 2 is 1.91 bits per heavy atom. The molecule has 0 fully saturated rings. The van der Waals surface area contributed by atoms with Gasteiger partial charge in [0.2, 0.25) is 0 Å². The molecular weight excluding hydrogens is 278 g/mol. The molecule has 0 bridgehead atoms. The van der Waals surface area contributed by atoms with E-state index in [0.717, 1.165) is 5.56 Å². The first-order valence-electron chi connectivity index (χ1n) is 7.29. The summed E-state index contributed by atoms with van der Waals surface area (Å²) in [5.74, 6) is 0. The first-order valence-corrected chi connectivity index (χ1v) is 7.29. The van der Waals surface area contributed by atoms with E-state index in [9.17, 15) is 4.79 Å². The highest BCUT2D eigenvalue weighted by Gasteiger charge is 2.16. The lowest BCUT2D eigenvalue weighted by atomic mass is 10.1. The van der Waals surface area contributed by atoms with Gasteiger partial charge in [0.1, 0.15) is 0 Å². The van der Waals surface area contributed by atoms with Crippen molar-refractivity contribution >= 4 is 6.03 Å². The van der Waals surface area contributed by atoms with Crippen molar-refractivity contribution in [1.82, 2.24) is 15.1 Å². The molecule has 1 N–H and O–H groups in total. The van der Waals surface area contributed by atoms with Crippen LogP contribution in [0, 0.1) is 0 Å². The first kappa shape index (κ1) is 16.1. The predicted octanol–water partition coefficient (Wildman–Crippen LogP) is 2.72.